The lowest BCUT2D eigenvalue weighted by molar-refractivity contribution is 0.102. The molecule has 0 radical (unpaired) electrons. The molecule has 1 aliphatic heterocycles. The van der Waals surface area contributed by atoms with Crippen LogP contribution in [0.5, 0.6) is 0 Å². The van der Waals surface area contributed by atoms with Crippen LogP contribution >= 0.6 is 0 Å². The Morgan fingerprint density at radius 2 is 1.93 bits per heavy atom. The molecule has 1 saturated heterocycles. The Kier molecular flexibility index (Phi) is 4.91. The molecule has 0 spiro atoms. The molecule has 0 saturated carbocycles. The first-order valence-electron chi connectivity index (χ1n) is 9.30. The molecule has 3 aromatic rings. The van der Waals surface area contributed by atoms with Crippen LogP contribution in [-0.4, -0.2) is 41.9 Å². The quantitative estimate of drug-likeness (QED) is 0.705. The zero-order chi connectivity index (χ0) is 19.7. The van der Waals surface area contributed by atoms with Gasteiger partial charge in [0.05, 0.1) is 10.4 Å². The number of nitrogens with one attached hydrogen (secondary N) is 2. The molecule has 1 amide bonds. The zero-order valence-corrected chi connectivity index (χ0v) is 16.4. The molecule has 2 aromatic carbocycles. The summed E-state index contributed by atoms with van der Waals surface area (Å²) in [4.78, 5) is 12.8. The van der Waals surface area contributed by atoms with E-state index in [4.69, 9.17) is 0 Å². The van der Waals surface area contributed by atoms with Crippen molar-refractivity contribution >= 4 is 32.5 Å². The highest BCUT2D eigenvalue weighted by molar-refractivity contribution is 7.89. The highest BCUT2D eigenvalue weighted by Gasteiger charge is 2.28. The van der Waals surface area contributed by atoms with Crippen LogP contribution in [0.3, 0.4) is 0 Å². The number of para-hydroxylation sites is 1. The van der Waals surface area contributed by atoms with Crippen molar-refractivity contribution in [1.82, 2.24) is 14.5 Å². The minimum absolute atomic E-state index is 0.241. The number of sulfonamides is 1. The van der Waals surface area contributed by atoms with Gasteiger partial charge in [0, 0.05) is 24.2 Å². The third kappa shape index (κ3) is 3.53. The molecule has 7 nitrogen and oxygen atoms in total. The lowest BCUT2D eigenvalue weighted by atomic mass is 10.0. The summed E-state index contributed by atoms with van der Waals surface area (Å²) >= 11 is 0. The van der Waals surface area contributed by atoms with Gasteiger partial charge in [-0.25, -0.2) is 8.42 Å². The number of piperidine rings is 1. The molecular formula is C20H22N4O3S. The fourth-order valence-corrected chi connectivity index (χ4v) is 5.15. The second-order valence-electron chi connectivity index (χ2n) is 7.21. The maximum absolute atomic E-state index is 12.8. The van der Waals surface area contributed by atoms with Gasteiger partial charge in [0.25, 0.3) is 5.91 Å². The van der Waals surface area contributed by atoms with Gasteiger partial charge < -0.3 is 5.32 Å². The molecule has 28 heavy (non-hydrogen) atoms. The summed E-state index contributed by atoms with van der Waals surface area (Å²) in [5.41, 5.74) is 1.60. The number of fused-ring (bicyclic) bond motifs is 1. The average molecular weight is 398 g/mol. The summed E-state index contributed by atoms with van der Waals surface area (Å²) in [6.07, 6.45) is 1.94. The number of nitrogens with zero attached hydrogens (tertiary/aromatic N) is 2. The van der Waals surface area contributed by atoms with E-state index in [0.717, 1.165) is 23.7 Å². The van der Waals surface area contributed by atoms with Gasteiger partial charge in [-0.05, 0) is 49.1 Å². The average Bonchev–Trinajstić information content (AvgIpc) is 3.13. The number of benzene rings is 2. The van der Waals surface area contributed by atoms with E-state index in [2.05, 4.69) is 22.4 Å². The van der Waals surface area contributed by atoms with Crippen LogP contribution in [0.25, 0.3) is 10.9 Å². The third-order valence-electron chi connectivity index (χ3n) is 5.06. The minimum Gasteiger partial charge on any atom is -0.321 e. The van der Waals surface area contributed by atoms with Gasteiger partial charge in [0.15, 0.2) is 5.69 Å². The van der Waals surface area contributed by atoms with E-state index in [0.29, 0.717) is 30.4 Å². The zero-order valence-electron chi connectivity index (χ0n) is 15.6. The predicted octanol–water partition coefficient (Wildman–Crippen LogP) is 3.24. The smallest absolute Gasteiger partial charge is 0.276 e. The normalized spacial score (nSPS) is 18.2. The second kappa shape index (κ2) is 7.37. The number of hydrogen-bond acceptors (Lipinski definition) is 4. The van der Waals surface area contributed by atoms with Crippen LogP contribution in [-0.2, 0) is 10.0 Å². The number of aromatic nitrogens is 2. The van der Waals surface area contributed by atoms with Crippen LogP contribution < -0.4 is 5.32 Å². The Morgan fingerprint density at radius 1 is 1.18 bits per heavy atom. The van der Waals surface area contributed by atoms with Crippen molar-refractivity contribution in [2.45, 2.75) is 24.7 Å². The summed E-state index contributed by atoms with van der Waals surface area (Å²) in [5, 5.41) is 10.4. The van der Waals surface area contributed by atoms with Crippen molar-refractivity contribution in [3.8, 4) is 0 Å². The van der Waals surface area contributed by atoms with Crippen molar-refractivity contribution in [3.05, 3.63) is 54.2 Å². The van der Waals surface area contributed by atoms with Gasteiger partial charge in [-0.3, -0.25) is 9.89 Å². The van der Waals surface area contributed by atoms with Crippen LogP contribution in [0.15, 0.2) is 53.4 Å². The monoisotopic (exact) mass is 398 g/mol. The van der Waals surface area contributed by atoms with E-state index in [1.165, 1.54) is 12.1 Å². The van der Waals surface area contributed by atoms with Crippen LogP contribution in [0, 0.1) is 5.92 Å². The first-order valence-corrected chi connectivity index (χ1v) is 10.7. The molecule has 1 aromatic heterocycles. The highest BCUT2D eigenvalue weighted by atomic mass is 32.2. The summed E-state index contributed by atoms with van der Waals surface area (Å²) in [5.74, 6) is 0.0173. The molecule has 1 aliphatic rings. The number of amides is 1. The van der Waals surface area contributed by atoms with E-state index in [1.807, 2.05) is 24.3 Å². The van der Waals surface area contributed by atoms with Crippen molar-refractivity contribution in [3.63, 3.8) is 0 Å². The molecule has 1 unspecified atom stereocenters. The van der Waals surface area contributed by atoms with Crippen molar-refractivity contribution in [2.24, 2.45) is 5.92 Å². The van der Waals surface area contributed by atoms with Crippen LogP contribution in [0.1, 0.15) is 30.3 Å². The fourth-order valence-electron chi connectivity index (χ4n) is 3.55. The molecule has 0 aliphatic carbocycles. The van der Waals surface area contributed by atoms with E-state index >= 15 is 0 Å². The van der Waals surface area contributed by atoms with Crippen molar-refractivity contribution in [1.29, 1.82) is 0 Å². The molecule has 4 rings (SSSR count). The molecule has 1 fully saturated rings. The predicted molar refractivity (Wildman–Crippen MR) is 108 cm³/mol. The SMILES string of the molecule is CC1CCCN(S(=O)(=O)c2ccc(NC(=O)c3n[nH]c4ccccc34)cc2)C1. The van der Waals surface area contributed by atoms with E-state index in [1.54, 1.807) is 16.4 Å². The lowest BCUT2D eigenvalue weighted by Crippen LogP contribution is -2.39. The topological polar surface area (TPSA) is 95.2 Å². The van der Waals surface area contributed by atoms with Gasteiger partial charge in [-0.15, -0.1) is 0 Å². The summed E-state index contributed by atoms with van der Waals surface area (Å²) in [7, 11) is -3.51. The third-order valence-corrected chi connectivity index (χ3v) is 6.93. The van der Waals surface area contributed by atoms with Crippen molar-refractivity contribution < 1.29 is 13.2 Å². The number of rotatable bonds is 4. The Labute approximate surface area is 163 Å². The maximum Gasteiger partial charge on any atom is 0.276 e. The molecule has 8 heteroatoms. The van der Waals surface area contributed by atoms with Crippen LogP contribution in [0.4, 0.5) is 5.69 Å². The number of carbonyl (C=O) groups is 1. The number of H-pyrrole nitrogens is 1. The first kappa shape index (κ1) is 18.6. The van der Waals surface area contributed by atoms with Gasteiger partial charge in [0.1, 0.15) is 0 Å². The Hall–Kier alpha value is -2.71. The number of hydrogen-bond donors (Lipinski definition) is 2. The van der Waals surface area contributed by atoms with E-state index in [9.17, 15) is 13.2 Å². The molecule has 2 N–H and O–H groups in total. The lowest BCUT2D eigenvalue weighted by Gasteiger charge is -2.30. The van der Waals surface area contributed by atoms with E-state index < -0.39 is 10.0 Å². The van der Waals surface area contributed by atoms with Gasteiger partial charge >= 0.3 is 0 Å². The van der Waals surface area contributed by atoms with E-state index in [-0.39, 0.29) is 10.8 Å². The van der Waals surface area contributed by atoms with Crippen molar-refractivity contribution in [2.75, 3.05) is 18.4 Å². The second-order valence-corrected chi connectivity index (χ2v) is 9.14. The summed E-state index contributed by atoms with van der Waals surface area (Å²) < 4.78 is 27.2. The number of aromatic amines is 1. The summed E-state index contributed by atoms with van der Waals surface area (Å²) in [6, 6.07) is 13.7. The standard InChI is InChI=1S/C20H22N4O3S/c1-14-5-4-12-24(13-14)28(26,27)16-10-8-15(9-11-16)21-20(25)19-17-6-2-3-7-18(17)22-23-19/h2-3,6-11,14H,4-5,12-13H2,1H3,(H,21,25)(H,22,23). The van der Waals surface area contributed by atoms with Crippen LogP contribution in [0.2, 0.25) is 0 Å². The van der Waals surface area contributed by atoms with Gasteiger partial charge in [-0.2, -0.15) is 9.40 Å². The molecule has 2 heterocycles. The first-order chi connectivity index (χ1) is 13.4. The minimum atomic E-state index is -3.51. The Morgan fingerprint density at radius 3 is 2.68 bits per heavy atom. The Balaban J connectivity index is 1.51. The molecule has 1 atom stereocenters. The maximum atomic E-state index is 12.8. The fraction of sp³-hybridized carbons (Fsp3) is 0.300. The van der Waals surface area contributed by atoms with Gasteiger partial charge in [-0.1, -0.05) is 25.1 Å². The molecule has 146 valence electrons. The number of carbonyl (C=O) groups excluding carboxylic acids is 1. The molecular weight excluding hydrogens is 376 g/mol. The van der Waals surface area contributed by atoms with Gasteiger partial charge in [0.2, 0.25) is 10.0 Å². The Bertz CT molecular complexity index is 1110. The summed E-state index contributed by atoms with van der Waals surface area (Å²) in [6.45, 7) is 3.17. The highest BCUT2D eigenvalue weighted by Crippen LogP contribution is 2.24. The molecule has 0 bridgehead atoms. The number of anilines is 1. The largest absolute Gasteiger partial charge is 0.321 e.